The predicted molar refractivity (Wildman–Crippen MR) is 93.5 cm³/mol. The van der Waals surface area contributed by atoms with Crippen molar-refractivity contribution in [2.45, 2.75) is 74.6 Å². The van der Waals surface area contributed by atoms with Crippen LogP contribution in [0.15, 0.2) is 0 Å². The van der Waals surface area contributed by atoms with Crippen LogP contribution >= 0.6 is 0 Å². The van der Waals surface area contributed by atoms with E-state index < -0.39 is 73.4 Å². The molecule has 0 radical (unpaired) electrons. The number of ether oxygens (including phenoxy) is 3. The zero-order chi connectivity index (χ0) is 21.8. The van der Waals surface area contributed by atoms with Gasteiger partial charge >= 0.3 is 5.97 Å². The lowest BCUT2D eigenvalue weighted by Crippen LogP contribution is -2.68. The Labute approximate surface area is 167 Å². The van der Waals surface area contributed by atoms with Crippen molar-refractivity contribution >= 4 is 11.9 Å². The molecule has 2 rings (SSSR count). The van der Waals surface area contributed by atoms with Crippen molar-refractivity contribution in [3.63, 3.8) is 0 Å². The van der Waals surface area contributed by atoms with Crippen LogP contribution in [0, 0.1) is 0 Å². The lowest BCUT2D eigenvalue weighted by Gasteiger charge is -2.46. The Morgan fingerprint density at radius 2 is 1.97 bits per heavy atom. The van der Waals surface area contributed by atoms with Gasteiger partial charge < -0.3 is 50.2 Å². The zero-order valence-electron chi connectivity index (χ0n) is 16.0. The molecular weight excluding hydrogens is 394 g/mol. The lowest BCUT2D eigenvalue weighted by atomic mass is 9.88. The normalized spacial score (nSPS) is 37.5. The summed E-state index contributed by atoms with van der Waals surface area (Å²) in [5, 5.41) is 61.2. The monoisotopic (exact) mass is 423 g/mol. The lowest BCUT2D eigenvalue weighted by molar-refractivity contribution is -0.317. The summed E-state index contributed by atoms with van der Waals surface area (Å²) in [7, 11) is 0. The van der Waals surface area contributed by atoms with E-state index in [1.54, 1.807) is 0 Å². The van der Waals surface area contributed by atoms with Crippen molar-refractivity contribution in [3.05, 3.63) is 0 Å². The van der Waals surface area contributed by atoms with Gasteiger partial charge in [-0.25, -0.2) is 4.79 Å². The van der Waals surface area contributed by atoms with Crippen LogP contribution in [-0.2, 0) is 23.8 Å². The van der Waals surface area contributed by atoms with E-state index in [1.807, 2.05) is 0 Å². The summed E-state index contributed by atoms with van der Waals surface area (Å²) < 4.78 is 16.3. The summed E-state index contributed by atoms with van der Waals surface area (Å²) in [5.74, 6) is -4.54. The molecule has 0 bridgehead atoms. The molecule has 168 valence electrons. The number of carboxylic acids is 1. The van der Waals surface area contributed by atoms with Crippen LogP contribution in [0.2, 0.25) is 0 Å². The van der Waals surface area contributed by atoms with Gasteiger partial charge in [-0.1, -0.05) is 0 Å². The number of hydrogen-bond acceptors (Lipinski definition) is 10. The Morgan fingerprint density at radius 3 is 2.48 bits per heavy atom. The molecule has 7 N–H and O–H groups in total. The van der Waals surface area contributed by atoms with Gasteiger partial charge in [-0.2, -0.15) is 0 Å². The number of rotatable bonds is 8. The number of carbonyl (C=O) groups excluding carboxylic acids is 1. The van der Waals surface area contributed by atoms with Gasteiger partial charge in [-0.15, -0.1) is 0 Å². The second-order valence-electron chi connectivity index (χ2n) is 7.38. The number of aliphatic hydroxyl groups is 5. The maximum atomic E-state index is 12.0. The fourth-order valence-corrected chi connectivity index (χ4v) is 3.43. The van der Waals surface area contributed by atoms with Gasteiger partial charge in [0.25, 0.3) is 5.79 Å². The average Bonchev–Trinajstić information content (AvgIpc) is 2.67. The van der Waals surface area contributed by atoms with Gasteiger partial charge in [-0.3, -0.25) is 4.79 Å². The van der Waals surface area contributed by atoms with E-state index in [0.717, 1.165) is 6.92 Å². The minimum absolute atomic E-state index is 0.0756. The van der Waals surface area contributed by atoms with E-state index in [2.05, 4.69) is 5.32 Å². The van der Waals surface area contributed by atoms with Gasteiger partial charge in [0, 0.05) is 13.3 Å². The first-order chi connectivity index (χ1) is 13.6. The Morgan fingerprint density at radius 1 is 1.28 bits per heavy atom. The first-order valence-electron chi connectivity index (χ1n) is 9.36. The summed E-state index contributed by atoms with van der Waals surface area (Å²) in [4.78, 5) is 23.4. The summed E-state index contributed by atoms with van der Waals surface area (Å²) in [6.07, 6.45) is -7.43. The second kappa shape index (κ2) is 10.1. The summed E-state index contributed by atoms with van der Waals surface area (Å²) in [6, 6.07) is -1.25. The van der Waals surface area contributed by atoms with Gasteiger partial charge in [-0.05, 0) is 12.8 Å². The molecule has 29 heavy (non-hydrogen) atoms. The molecule has 12 nitrogen and oxygen atoms in total. The summed E-state index contributed by atoms with van der Waals surface area (Å²) in [6.45, 7) is 0.153. The van der Waals surface area contributed by atoms with Crippen molar-refractivity contribution < 1.29 is 54.4 Å². The molecule has 0 aromatic rings. The molecule has 8 atom stereocenters. The highest BCUT2D eigenvalue weighted by Gasteiger charge is 2.56. The maximum Gasteiger partial charge on any atom is 0.364 e. The largest absolute Gasteiger partial charge is 0.477 e. The molecule has 2 aliphatic heterocycles. The number of carboxylic acid groups (broad SMARTS) is 1. The molecule has 6 unspecified atom stereocenters. The van der Waals surface area contributed by atoms with Crippen molar-refractivity contribution in [2.24, 2.45) is 0 Å². The number of nitrogens with one attached hydrogen (secondary N) is 1. The third-order valence-corrected chi connectivity index (χ3v) is 5.04. The highest BCUT2D eigenvalue weighted by molar-refractivity contribution is 5.76. The molecule has 2 heterocycles. The van der Waals surface area contributed by atoms with Crippen LogP contribution < -0.4 is 5.32 Å². The first-order valence-corrected chi connectivity index (χ1v) is 9.36. The van der Waals surface area contributed by atoms with Crippen LogP contribution in [0.5, 0.6) is 0 Å². The molecule has 2 saturated heterocycles. The highest BCUT2D eigenvalue weighted by Crippen LogP contribution is 2.34. The van der Waals surface area contributed by atoms with E-state index >= 15 is 0 Å². The summed E-state index contributed by atoms with van der Waals surface area (Å²) >= 11 is 0. The number of amides is 1. The van der Waals surface area contributed by atoms with Crippen LogP contribution in [0.25, 0.3) is 0 Å². The van der Waals surface area contributed by atoms with Crippen molar-refractivity contribution in [2.75, 3.05) is 19.8 Å². The molecule has 2 fully saturated rings. The van der Waals surface area contributed by atoms with E-state index in [1.165, 1.54) is 0 Å². The second-order valence-corrected chi connectivity index (χ2v) is 7.38. The van der Waals surface area contributed by atoms with Gasteiger partial charge in [0.1, 0.15) is 18.3 Å². The fourth-order valence-electron chi connectivity index (χ4n) is 3.43. The van der Waals surface area contributed by atoms with Gasteiger partial charge in [0.15, 0.2) is 0 Å². The molecule has 2 aliphatic rings. The minimum atomic E-state index is -2.38. The molecular formula is C17H29NO11. The Bertz CT molecular complexity index is 568. The number of aliphatic hydroxyl groups excluding tert-OH is 5. The summed E-state index contributed by atoms with van der Waals surface area (Å²) in [5.41, 5.74) is 0. The smallest absolute Gasteiger partial charge is 0.364 e. The van der Waals surface area contributed by atoms with E-state index in [4.69, 9.17) is 19.3 Å². The molecule has 0 aliphatic carbocycles. The molecule has 0 aromatic heterocycles. The zero-order valence-corrected chi connectivity index (χ0v) is 16.0. The van der Waals surface area contributed by atoms with E-state index in [0.29, 0.717) is 12.8 Å². The van der Waals surface area contributed by atoms with E-state index in [-0.39, 0.29) is 13.2 Å². The van der Waals surface area contributed by atoms with E-state index in [9.17, 15) is 35.1 Å². The Kier molecular flexibility index (Phi) is 8.31. The predicted octanol–water partition coefficient (Wildman–Crippen LogP) is -3.31. The van der Waals surface area contributed by atoms with Crippen molar-refractivity contribution in [1.29, 1.82) is 0 Å². The molecule has 0 spiro atoms. The number of hydrogen-bond donors (Lipinski definition) is 7. The van der Waals surface area contributed by atoms with Crippen LogP contribution in [-0.4, -0.2) is 111 Å². The van der Waals surface area contributed by atoms with Crippen LogP contribution in [0.3, 0.4) is 0 Å². The average molecular weight is 423 g/mol. The third-order valence-electron chi connectivity index (χ3n) is 5.04. The minimum Gasteiger partial charge on any atom is -0.477 e. The maximum absolute atomic E-state index is 12.0. The van der Waals surface area contributed by atoms with Gasteiger partial charge in [0.05, 0.1) is 44.2 Å². The van der Waals surface area contributed by atoms with Crippen molar-refractivity contribution in [1.82, 2.24) is 5.32 Å². The van der Waals surface area contributed by atoms with Crippen molar-refractivity contribution in [3.8, 4) is 0 Å². The first kappa shape index (κ1) is 23.9. The molecule has 0 saturated carbocycles. The topological polar surface area (TPSA) is 195 Å². The molecule has 0 aromatic carbocycles. The number of aliphatic carboxylic acids is 1. The van der Waals surface area contributed by atoms with Crippen LogP contribution in [0.1, 0.15) is 26.2 Å². The van der Waals surface area contributed by atoms with Crippen LogP contribution in [0.4, 0.5) is 0 Å². The standard InChI is InChI=1S/C17H29NO11/c1-8(20)18-13-11(22)4-17(16(25)26,29-15(13)14(24)12(23)5-19)28-7-10-3-2-9(21)6-27-10/h9-15,19,21-24H,2-7H2,1H3,(H,18,20)(H,25,26)/t9?,10?,11?,12-,13?,14+,15?,17?/m1/s1. The Hall–Kier alpha value is -1.38. The molecule has 12 heteroatoms. The SMILES string of the molecule is CC(=O)NC1C(O)CC(OCC2CCC(O)CO2)(C(=O)O)OC1[C@@H](O)[C@H](O)CO. The molecule has 1 amide bonds. The quantitative estimate of drug-likeness (QED) is 0.206. The third kappa shape index (κ3) is 5.83. The fraction of sp³-hybridized carbons (Fsp3) is 0.882. The van der Waals surface area contributed by atoms with Gasteiger partial charge in [0.2, 0.25) is 5.91 Å². The number of carbonyl (C=O) groups is 2. The highest BCUT2D eigenvalue weighted by atomic mass is 16.7. The Balaban J connectivity index is 2.20.